The van der Waals surface area contributed by atoms with Crippen molar-refractivity contribution < 1.29 is 13.2 Å². The number of aromatic nitrogens is 2. The van der Waals surface area contributed by atoms with E-state index in [1.807, 2.05) is 4.90 Å². The molecule has 0 bridgehead atoms. The zero-order valence-electron chi connectivity index (χ0n) is 12.4. The SMILES string of the molecule is CNc1cc(N2CCN(C(C)C)CC2)nc(C(F)(F)F)n1. The quantitative estimate of drug-likeness (QED) is 0.926. The zero-order chi connectivity index (χ0) is 15.6. The summed E-state index contributed by atoms with van der Waals surface area (Å²) in [6.45, 7) is 7.18. The Morgan fingerprint density at radius 3 is 2.24 bits per heavy atom. The number of halogens is 3. The van der Waals surface area contributed by atoms with Gasteiger partial charge in [0, 0.05) is 45.3 Å². The molecule has 21 heavy (non-hydrogen) atoms. The molecule has 0 unspecified atom stereocenters. The van der Waals surface area contributed by atoms with Gasteiger partial charge in [0.05, 0.1) is 0 Å². The van der Waals surface area contributed by atoms with Crippen LogP contribution in [0, 0.1) is 0 Å². The van der Waals surface area contributed by atoms with E-state index >= 15 is 0 Å². The molecular formula is C13H20F3N5. The van der Waals surface area contributed by atoms with Gasteiger partial charge in [0.15, 0.2) is 0 Å². The Hall–Kier alpha value is -1.57. The summed E-state index contributed by atoms with van der Waals surface area (Å²) in [7, 11) is 1.54. The summed E-state index contributed by atoms with van der Waals surface area (Å²) in [5.74, 6) is -0.598. The first-order valence-electron chi connectivity index (χ1n) is 6.94. The van der Waals surface area contributed by atoms with Gasteiger partial charge in [-0.05, 0) is 13.8 Å². The molecule has 1 saturated heterocycles. The third kappa shape index (κ3) is 3.75. The van der Waals surface area contributed by atoms with Gasteiger partial charge in [-0.15, -0.1) is 0 Å². The van der Waals surface area contributed by atoms with Crippen LogP contribution < -0.4 is 10.2 Å². The van der Waals surface area contributed by atoms with Crippen LogP contribution in [0.1, 0.15) is 19.7 Å². The monoisotopic (exact) mass is 303 g/mol. The van der Waals surface area contributed by atoms with E-state index in [0.717, 1.165) is 13.1 Å². The van der Waals surface area contributed by atoms with Crippen molar-refractivity contribution >= 4 is 11.6 Å². The molecule has 1 N–H and O–H groups in total. The van der Waals surface area contributed by atoms with Gasteiger partial charge in [0.2, 0.25) is 5.82 Å². The topological polar surface area (TPSA) is 44.3 Å². The fourth-order valence-corrected chi connectivity index (χ4v) is 2.32. The second-order valence-electron chi connectivity index (χ2n) is 5.30. The van der Waals surface area contributed by atoms with E-state index < -0.39 is 12.0 Å². The molecule has 0 aliphatic carbocycles. The lowest BCUT2D eigenvalue weighted by molar-refractivity contribution is -0.144. The molecule has 118 valence electrons. The van der Waals surface area contributed by atoms with Crippen molar-refractivity contribution in [3.8, 4) is 0 Å². The molecule has 8 heteroatoms. The van der Waals surface area contributed by atoms with Gasteiger partial charge in [-0.3, -0.25) is 4.90 Å². The lowest BCUT2D eigenvalue weighted by Gasteiger charge is -2.37. The molecule has 0 atom stereocenters. The van der Waals surface area contributed by atoms with Crippen molar-refractivity contribution in [3.63, 3.8) is 0 Å². The second kappa shape index (κ2) is 6.05. The zero-order valence-corrected chi connectivity index (χ0v) is 12.4. The predicted molar refractivity (Wildman–Crippen MR) is 75.5 cm³/mol. The van der Waals surface area contributed by atoms with Crippen LogP contribution >= 0.6 is 0 Å². The third-order valence-electron chi connectivity index (χ3n) is 3.59. The minimum atomic E-state index is -4.54. The Bertz CT molecular complexity index is 481. The Morgan fingerprint density at radius 2 is 1.76 bits per heavy atom. The normalized spacial score (nSPS) is 17.4. The first-order valence-corrected chi connectivity index (χ1v) is 6.94. The smallest absolute Gasteiger partial charge is 0.373 e. The van der Waals surface area contributed by atoms with Crippen molar-refractivity contribution in [2.75, 3.05) is 43.4 Å². The van der Waals surface area contributed by atoms with Gasteiger partial charge >= 0.3 is 6.18 Å². The van der Waals surface area contributed by atoms with Crippen molar-refractivity contribution in [2.45, 2.75) is 26.1 Å². The van der Waals surface area contributed by atoms with E-state index in [1.165, 1.54) is 0 Å². The Kier molecular flexibility index (Phi) is 4.55. The summed E-state index contributed by atoms with van der Waals surface area (Å²) in [6.07, 6.45) is -4.54. The molecule has 0 amide bonds. The number of hydrogen-bond acceptors (Lipinski definition) is 5. The Balaban J connectivity index is 2.20. The van der Waals surface area contributed by atoms with Crippen molar-refractivity contribution in [3.05, 3.63) is 11.9 Å². The summed E-state index contributed by atoms with van der Waals surface area (Å²) in [4.78, 5) is 11.3. The van der Waals surface area contributed by atoms with Crippen LogP contribution in [0.3, 0.4) is 0 Å². The summed E-state index contributed by atoms with van der Waals surface area (Å²) in [5.41, 5.74) is 0. The molecular weight excluding hydrogens is 283 g/mol. The average molecular weight is 303 g/mol. The largest absolute Gasteiger partial charge is 0.451 e. The third-order valence-corrected chi connectivity index (χ3v) is 3.59. The van der Waals surface area contributed by atoms with Crippen LogP contribution in [0.25, 0.3) is 0 Å². The second-order valence-corrected chi connectivity index (χ2v) is 5.30. The van der Waals surface area contributed by atoms with E-state index in [9.17, 15) is 13.2 Å². The summed E-state index contributed by atoms with van der Waals surface area (Å²) in [5, 5.41) is 2.66. The highest BCUT2D eigenvalue weighted by atomic mass is 19.4. The first kappa shape index (κ1) is 15.8. The highest BCUT2D eigenvalue weighted by Gasteiger charge is 2.36. The number of rotatable bonds is 3. The Morgan fingerprint density at radius 1 is 1.14 bits per heavy atom. The van der Waals surface area contributed by atoms with E-state index in [0.29, 0.717) is 24.9 Å². The minimum Gasteiger partial charge on any atom is -0.373 e. The molecule has 0 radical (unpaired) electrons. The maximum atomic E-state index is 12.8. The highest BCUT2D eigenvalue weighted by Crippen LogP contribution is 2.29. The molecule has 0 saturated carbocycles. The highest BCUT2D eigenvalue weighted by molar-refractivity contribution is 5.49. The van der Waals surface area contributed by atoms with Crippen molar-refractivity contribution in [1.82, 2.24) is 14.9 Å². The maximum absolute atomic E-state index is 12.8. The van der Waals surface area contributed by atoms with Crippen molar-refractivity contribution in [2.24, 2.45) is 0 Å². The number of anilines is 2. The molecule has 2 rings (SSSR count). The lowest BCUT2D eigenvalue weighted by atomic mass is 10.2. The average Bonchev–Trinajstić information content (AvgIpc) is 2.46. The van der Waals surface area contributed by atoms with Gasteiger partial charge < -0.3 is 10.2 Å². The fourth-order valence-electron chi connectivity index (χ4n) is 2.32. The molecule has 1 aliphatic rings. The molecule has 1 aromatic rings. The van der Waals surface area contributed by atoms with Crippen molar-refractivity contribution in [1.29, 1.82) is 0 Å². The first-order chi connectivity index (χ1) is 9.81. The molecule has 0 aromatic carbocycles. The number of piperazine rings is 1. The summed E-state index contributed by atoms with van der Waals surface area (Å²) < 4.78 is 38.5. The van der Waals surface area contributed by atoms with Crippen LogP contribution in [0.15, 0.2) is 6.07 Å². The van der Waals surface area contributed by atoms with E-state index in [2.05, 4.69) is 34.0 Å². The van der Waals surface area contributed by atoms with E-state index in [1.54, 1.807) is 13.1 Å². The number of nitrogens with zero attached hydrogens (tertiary/aromatic N) is 4. The fraction of sp³-hybridized carbons (Fsp3) is 0.692. The van der Waals surface area contributed by atoms with Gasteiger partial charge in [0.25, 0.3) is 0 Å². The van der Waals surface area contributed by atoms with Crippen LogP contribution in [-0.4, -0.2) is 54.1 Å². The molecule has 5 nitrogen and oxygen atoms in total. The number of alkyl halides is 3. The molecule has 1 fully saturated rings. The molecule has 0 spiro atoms. The van der Waals surface area contributed by atoms with Crippen LogP contribution in [0.4, 0.5) is 24.8 Å². The van der Waals surface area contributed by atoms with Gasteiger partial charge in [-0.1, -0.05) is 0 Å². The molecule has 2 heterocycles. The molecule has 1 aliphatic heterocycles. The molecule has 1 aromatic heterocycles. The number of hydrogen-bond donors (Lipinski definition) is 1. The Labute approximate surface area is 122 Å². The maximum Gasteiger partial charge on any atom is 0.451 e. The van der Waals surface area contributed by atoms with Gasteiger partial charge in [0.1, 0.15) is 11.6 Å². The van der Waals surface area contributed by atoms with Gasteiger partial charge in [-0.2, -0.15) is 13.2 Å². The minimum absolute atomic E-state index is 0.179. The van der Waals surface area contributed by atoms with Crippen LogP contribution in [0.2, 0.25) is 0 Å². The van der Waals surface area contributed by atoms with E-state index in [-0.39, 0.29) is 5.82 Å². The standard InChI is InChI=1S/C13H20F3N5/c1-9(2)20-4-6-21(7-5-20)11-8-10(17-3)18-12(19-11)13(14,15)16/h8-9H,4-7H2,1-3H3,(H,17,18,19). The number of nitrogens with one attached hydrogen (secondary N) is 1. The predicted octanol–water partition coefficient (Wildman–Crippen LogP) is 2.07. The summed E-state index contributed by atoms with van der Waals surface area (Å²) >= 11 is 0. The van der Waals surface area contributed by atoms with Crippen LogP contribution in [-0.2, 0) is 6.18 Å². The van der Waals surface area contributed by atoms with Gasteiger partial charge in [-0.25, -0.2) is 9.97 Å². The summed E-state index contributed by atoms with van der Waals surface area (Å²) in [6, 6.07) is 2.00. The van der Waals surface area contributed by atoms with E-state index in [4.69, 9.17) is 0 Å². The lowest BCUT2D eigenvalue weighted by Crippen LogP contribution is -2.49. The van der Waals surface area contributed by atoms with Crippen LogP contribution in [0.5, 0.6) is 0 Å².